The maximum atomic E-state index is 12.9. The van der Waals surface area contributed by atoms with Crippen LogP contribution >= 0.6 is 11.8 Å². The van der Waals surface area contributed by atoms with E-state index in [4.69, 9.17) is 9.47 Å². The lowest BCUT2D eigenvalue weighted by molar-refractivity contribution is 0.101. The number of carbonyl (C=O) groups excluding carboxylic acids is 1. The molecule has 2 aromatic carbocycles. The van der Waals surface area contributed by atoms with Crippen molar-refractivity contribution >= 4 is 17.5 Å². The number of hydrogen-bond donors (Lipinski definition) is 0. The minimum atomic E-state index is -0.0424. The number of methoxy groups -OCH3 is 1. The van der Waals surface area contributed by atoms with Crippen LogP contribution in [0.25, 0.3) is 17.1 Å². The first-order valence-corrected chi connectivity index (χ1v) is 11.1. The van der Waals surface area contributed by atoms with Crippen LogP contribution in [0.1, 0.15) is 17.3 Å². The van der Waals surface area contributed by atoms with Crippen LogP contribution in [-0.2, 0) is 0 Å². The smallest absolute Gasteiger partial charge is 0.196 e. The average molecular weight is 447 g/mol. The van der Waals surface area contributed by atoms with E-state index in [-0.39, 0.29) is 11.5 Å². The molecular formula is C24H22N4O3S. The van der Waals surface area contributed by atoms with Crippen LogP contribution in [0.2, 0.25) is 0 Å². The van der Waals surface area contributed by atoms with Gasteiger partial charge in [-0.05, 0) is 55.5 Å². The third-order valence-corrected chi connectivity index (χ3v) is 5.65. The average Bonchev–Trinajstić information content (AvgIpc) is 3.27. The maximum Gasteiger partial charge on any atom is 0.196 e. The summed E-state index contributed by atoms with van der Waals surface area (Å²) in [6.07, 6.45) is 3.43. The van der Waals surface area contributed by atoms with Gasteiger partial charge in [-0.2, -0.15) is 0 Å². The molecular weight excluding hydrogens is 424 g/mol. The quantitative estimate of drug-likeness (QED) is 0.272. The van der Waals surface area contributed by atoms with Crippen molar-refractivity contribution in [1.82, 2.24) is 19.7 Å². The second-order valence-corrected chi connectivity index (χ2v) is 7.66. The summed E-state index contributed by atoms with van der Waals surface area (Å²) >= 11 is 1.33. The molecule has 0 unspecified atom stereocenters. The molecule has 4 aromatic rings. The fraction of sp³-hybridized carbons (Fsp3) is 0.167. The molecule has 0 aliphatic rings. The topological polar surface area (TPSA) is 79.1 Å². The summed E-state index contributed by atoms with van der Waals surface area (Å²) in [6.45, 7) is 2.54. The Labute approximate surface area is 190 Å². The standard InChI is InChI=1S/C24H22N4O3S/c1-3-31-19-10-8-18(9-11-19)28-23(17-12-14-25-15-13-17)26-27-24(28)32-16-21(29)20-6-4-5-7-22(20)30-2/h4-15H,3,16H2,1-2H3. The molecule has 0 radical (unpaired) electrons. The van der Waals surface area contributed by atoms with Gasteiger partial charge in [0.25, 0.3) is 0 Å². The highest BCUT2D eigenvalue weighted by atomic mass is 32.2. The number of pyridine rings is 1. The number of ether oxygens (including phenoxy) is 2. The van der Waals surface area contributed by atoms with Crippen molar-refractivity contribution in [3.63, 3.8) is 0 Å². The van der Waals surface area contributed by atoms with E-state index < -0.39 is 0 Å². The molecule has 4 rings (SSSR count). The van der Waals surface area contributed by atoms with E-state index in [0.29, 0.717) is 28.9 Å². The second-order valence-electron chi connectivity index (χ2n) is 6.72. The molecule has 0 saturated carbocycles. The Morgan fingerprint density at radius 1 is 1.00 bits per heavy atom. The molecule has 162 valence electrons. The third kappa shape index (κ3) is 4.65. The van der Waals surface area contributed by atoms with Crippen LogP contribution in [0, 0.1) is 0 Å². The number of thioether (sulfide) groups is 1. The number of hydrogen-bond acceptors (Lipinski definition) is 7. The molecule has 7 nitrogen and oxygen atoms in total. The van der Waals surface area contributed by atoms with Gasteiger partial charge >= 0.3 is 0 Å². The predicted molar refractivity (Wildman–Crippen MR) is 124 cm³/mol. The SMILES string of the molecule is CCOc1ccc(-n2c(SCC(=O)c3ccccc3OC)nnc2-c2ccncc2)cc1. The van der Waals surface area contributed by atoms with Gasteiger partial charge in [0.1, 0.15) is 11.5 Å². The van der Waals surface area contributed by atoms with E-state index in [9.17, 15) is 4.79 Å². The number of benzene rings is 2. The predicted octanol–water partition coefficient (Wildman–Crippen LogP) is 4.71. The maximum absolute atomic E-state index is 12.9. The summed E-state index contributed by atoms with van der Waals surface area (Å²) in [7, 11) is 1.56. The van der Waals surface area contributed by atoms with Gasteiger partial charge in [-0.15, -0.1) is 10.2 Å². The first-order valence-electron chi connectivity index (χ1n) is 10.1. The minimum Gasteiger partial charge on any atom is -0.496 e. The second kappa shape index (κ2) is 10.1. The minimum absolute atomic E-state index is 0.0424. The first-order chi connectivity index (χ1) is 15.7. The normalized spacial score (nSPS) is 10.7. The number of nitrogens with zero attached hydrogens (tertiary/aromatic N) is 4. The largest absolute Gasteiger partial charge is 0.496 e. The lowest BCUT2D eigenvalue weighted by Gasteiger charge is -2.12. The Balaban J connectivity index is 1.66. The van der Waals surface area contributed by atoms with E-state index in [1.807, 2.05) is 60.0 Å². The Bertz CT molecular complexity index is 1190. The van der Waals surface area contributed by atoms with Gasteiger partial charge in [0.05, 0.1) is 25.0 Å². The van der Waals surface area contributed by atoms with Crippen molar-refractivity contribution in [2.24, 2.45) is 0 Å². The number of aromatic nitrogens is 4. The van der Waals surface area contributed by atoms with E-state index in [1.165, 1.54) is 11.8 Å². The highest BCUT2D eigenvalue weighted by Crippen LogP contribution is 2.30. The zero-order valence-corrected chi connectivity index (χ0v) is 18.6. The molecule has 0 spiro atoms. The van der Waals surface area contributed by atoms with Gasteiger partial charge < -0.3 is 9.47 Å². The van der Waals surface area contributed by atoms with Gasteiger partial charge in [-0.1, -0.05) is 23.9 Å². The summed E-state index contributed by atoms with van der Waals surface area (Å²) in [5.74, 6) is 2.17. The molecule has 0 fully saturated rings. The van der Waals surface area contributed by atoms with Crippen LogP contribution in [0.5, 0.6) is 11.5 Å². The number of rotatable bonds is 9. The van der Waals surface area contributed by atoms with Gasteiger partial charge in [-0.3, -0.25) is 14.3 Å². The molecule has 0 N–H and O–H groups in total. The fourth-order valence-electron chi connectivity index (χ4n) is 3.23. The lowest BCUT2D eigenvalue weighted by Crippen LogP contribution is -2.06. The first kappa shape index (κ1) is 21.6. The molecule has 32 heavy (non-hydrogen) atoms. The summed E-state index contributed by atoms with van der Waals surface area (Å²) in [5.41, 5.74) is 2.30. The Morgan fingerprint density at radius 2 is 1.75 bits per heavy atom. The van der Waals surface area contributed by atoms with Gasteiger partial charge in [0, 0.05) is 23.6 Å². The van der Waals surface area contributed by atoms with Crippen molar-refractivity contribution in [2.45, 2.75) is 12.1 Å². The molecule has 0 saturated heterocycles. The molecule has 0 aliphatic heterocycles. The molecule has 0 aliphatic carbocycles. The van der Waals surface area contributed by atoms with Crippen molar-refractivity contribution in [3.05, 3.63) is 78.6 Å². The van der Waals surface area contributed by atoms with Crippen LogP contribution < -0.4 is 9.47 Å². The monoisotopic (exact) mass is 446 g/mol. The van der Waals surface area contributed by atoms with Gasteiger partial charge in [0.15, 0.2) is 16.8 Å². The van der Waals surface area contributed by atoms with Crippen LogP contribution in [0.15, 0.2) is 78.2 Å². The number of carbonyl (C=O) groups is 1. The molecule has 0 atom stereocenters. The summed E-state index contributed by atoms with van der Waals surface area (Å²) in [6, 6.07) is 18.7. The van der Waals surface area contributed by atoms with Gasteiger partial charge in [-0.25, -0.2) is 0 Å². The van der Waals surface area contributed by atoms with Crippen molar-refractivity contribution in [1.29, 1.82) is 0 Å². The fourth-order valence-corrected chi connectivity index (χ4v) is 4.06. The highest BCUT2D eigenvalue weighted by Gasteiger charge is 2.19. The zero-order chi connectivity index (χ0) is 22.3. The third-order valence-electron chi connectivity index (χ3n) is 4.72. The number of para-hydroxylation sites is 1. The lowest BCUT2D eigenvalue weighted by atomic mass is 10.1. The van der Waals surface area contributed by atoms with E-state index >= 15 is 0 Å². The van der Waals surface area contributed by atoms with Gasteiger partial charge in [0.2, 0.25) is 0 Å². The van der Waals surface area contributed by atoms with E-state index in [1.54, 1.807) is 31.6 Å². The number of Topliss-reactive ketones (excluding diaryl/α,β-unsaturated/α-hetero) is 1. The van der Waals surface area contributed by atoms with E-state index in [2.05, 4.69) is 15.2 Å². The molecule has 0 amide bonds. The number of ketones is 1. The van der Waals surface area contributed by atoms with Crippen molar-refractivity contribution in [3.8, 4) is 28.6 Å². The van der Waals surface area contributed by atoms with Crippen LogP contribution in [-0.4, -0.2) is 45.0 Å². The summed E-state index contributed by atoms with van der Waals surface area (Å²) in [5, 5.41) is 9.39. The Morgan fingerprint density at radius 3 is 2.47 bits per heavy atom. The Kier molecular flexibility index (Phi) is 6.81. The molecule has 2 heterocycles. The molecule has 0 bridgehead atoms. The molecule has 2 aromatic heterocycles. The van der Waals surface area contributed by atoms with E-state index in [0.717, 1.165) is 17.0 Å². The van der Waals surface area contributed by atoms with Crippen molar-refractivity contribution in [2.75, 3.05) is 19.5 Å². The summed E-state index contributed by atoms with van der Waals surface area (Å²) < 4.78 is 12.8. The zero-order valence-electron chi connectivity index (χ0n) is 17.8. The highest BCUT2D eigenvalue weighted by molar-refractivity contribution is 7.99. The summed E-state index contributed by atoms with van der Waals surface area (Å²) in [4.78, 5) is 16.9. The van der Waals surface area contributed by atoms with Crippen LogP contribution in [0.3, 0.4) is 0 Å². The van der Waals surface area contributed by atoms with Crippen molar-refractivity contribution < 1.29 is 14.3 Å². The molecule has 8 heteroatoms. The Hall–Kier alpha value is -3.65. The van der Waals surface area contributed by atoms with Crippen LogP contribution in [0.4, 0.5) is 0 Å².